The smallest absolute Gasteiger partial charge is 0.270 e. The normalized spacial score (nSPS) is 13.4. The van der Waals surface area contributed by atoms with Crippen LogP contribution in [0.15, 0.2) is 95.8 Å². The maximum Gasteiger partial charge on any atom is 0.270 e. The molecule has 0 unspecified atom stereocenters. The SMILES string of the molecule is CN(C(=O)Cn1c2c(c(=O)n1Cc1ccccc1)CCN(Cc1ccccc1)C2)c1ccccc1. The van der Waals surface area contributed by atoms with Crippen LogP contribution in [0, 0.1) is 0 Å². The quantitative estimate of drug-likeness (QED) is 0.415. The number of benzene rings is 3. The van der Waals surface area contributed by atoms with Crippen molar-refractivity contribution >= 4 is 11.6 Å². The van der Waals surface area contributed by atoms with E-state index in [1.807, 2.05) is 71.4 Å². The highest BCUT2D eigenvalue weighted by atomic mass is 16.2. The van der Waals surface area contributed by atoms with Crippen LogP contribution >= 0.6 is 0 Å². The minimum absolute atomic E-state index is 0.0124. The molecule has 2 heterocycles. The van der Waals surface area contributed by atoms with E-state index in [1.54, 1.807) is 16.6 Å². The van der Waals surface area contributed by atoms with E-state index in [1.165, 1.54) is 5.56 Å². The lowest BCUT2D eigenvalue weighted by atomic mass is 10.1. The number of fused-ring (bicyclic) bond motifs is 1. The number of amides is 1. The first-order chi connectivity index (χ1) is 17.1. The van der Waals surface area contributed by atoms with Gasteiger partial charge in [0.15, 0.2) is 0 Å². The van der Waals surface area contributed by atoms with Gasteiger partial charge in [0.25, 0.3) is 5.56 Å². The van der Waals surface area contributed by atoms with Crippen LogP contribution in [-0.2, 0) is 37.4 Å². The van der Waals surface area contributed by atoms with Crippen molar-refractivity contribution < 1.29 is 4.79 Å². The van der Waals surface area contributed by atoms with E-state index in [0.29, 0.717) is 19.5 Å². The minimum atomic E-state index is -0.0593. The van der Waals surface area contributed by atoms with Gasteiger partial charge in [-0.3, -0.25) is 19.2 Å². The molecule has 0 atom stereocenters. The fraction of sp³-hybridized carbons (Fsp3) is 0.241. The summed E-state index contributed by atoms with van der Waals surface area (Å²) in [4.78, 5) is 30.9. The zero-order chi connectivity index (χ0) is 24.2. The molecule has 6 nitrogen and oxygen atoms in total. The lowest BCUT2D eigenvalue weighted by Gasteiger charge is -2.28. The summed E-state index contributed by atoms with van der Waals surface area (Å²) >= 11 is 0. The Morgan fingerprint density at radius 3 is 2.00 bits per heavy atom. The van der Waals surface area contributed by atoms with Crippen LogP contribution in [0.2, 0.25) is 0 Å². The van der Waals surface area contributed by atoms with Crippen molar-refractivity contribution in [1.29, 1.82) is 0 Å². The van der Waals surface area contributed by atoms with Crippen LogP contribution in [0.4, 0.5) is 5.69 Å². The first-order valence-corrected chi connectivity index (χ1v) is 12.0. The van der Waals surface area contributed by atoms with Crippen LogP contribution in [0.5, 0.6) is 0 Å². The summed E-state index contributed by atoms with van der Waals surface area (Å²) in [5, 5.41) is 0. The van der Waals surface area contributed by atoms with Gasteiger partial charge in [-0.2, -0.15) is 0 Å². The monoisotopic (exact) mass is 466 g/mol. The first kappa shape index (κ1) is 22.9. The highest BCUT2D eigenvalue weighted by Crippen LogP contribution is 2.21. The standard InChI is InChI=1S/C29H30N4O2/c1-30(25-15-9-4-10-16-25)28(34)22-32-27-21-31(19-23-11-5-2-6-12-23)18-17-26(27)29(35)33(32)20-24-13-7-3-8-14-24/h2-16H,17-22H2,1H3. The summed E-state index contributed by atoms with van der Waals surface area (Å²) < 4.78 is 3.67. The molecule has 0 saturated heterocycles. The largest absolute Gasteiger partial charge is 0.314 e. The van der Waals surface area contributed by atoms with E-state index in [2.05, 4.69) is 29.2 Å². The molecule has 0 aliphatic carbocycles. The maximum absolute atomic E-state index is 13.5. The molecule has 178 valence electrons. The van der Waals surface area contributed by atoms with E-state index in [9.17, 15) is 9.59 Å². The number of hydrogen-bond donors (Lipinski definition) is 0. The van der Waals surface area contributed by atoms with Crippen molar-refractivity contribution in [2.24, 2.45) is 0 Å². The molecule has 0 bridgehead atoms. The second-order valence-corrected chi connectivity index (χ2v) is 9.07. The molecule has 1 amide bonds. The van der Waals surface area contributed by atoms with Gasteiger partial charge in [-0.25, -0.2) is 4.68 Å². The van der Waals surface area contributed by atoms with E-state index in [-0.39, 0.29) is 18.0 Å². The summed E-state index contributed by atoms with van der Waals surface area (Å²) in [6, 6.07) is 29.9. The van der Waals surface area contributed by atoms with Crippen molar-refractivity contribution in [1.82, 2.24) is 14.3 Å². The second-order valence-electron chi connectivity index (χ2n) is 9.07. The Bertz CT molecular complexity index is 1340. The highest BCUT2D eigenvalue weighted by Gasteiger charge is 2.28. The average molecular weight is 467 g/mol. The summed E-state index contributed by atoms with van der Waals surface area (Å²) in [6.07, 6.45) is 0.686. The van der Waals surface area contributed by atoms with Crippen molar-refractivity contribution in [2.75, 3.05) is 18.5 Å². The topological polar surface area (TPSA) is 50.5 Å². The molecule has 0 spiro atoms. The van der Waals surface area contributed by atoms with Crippen molar-refractivity contribution in [3.05, 3.63) is 124 Å². The molecule has 4 aromatic rings. The van der Waals surface area contributed by atoms with E-state index < -0.39 is 0 Å². The van der Waals surface area contributed by atoms with Gasteiger partial charge in [-0.05, 0) is 29.7 Å². The lowest BCUT2D eigenvalue weighted by Crippen LogP contribution is -2.35. The molecule has 35 heavy (non-hydrogen) atoms. The molecule has 5 rings (SSSR count). The summed E-state index contributed by atoms with van der Waals surface area (Å²) in [7, 11) is 1.79. The number of anilines is 1. The number of carbonyl (C=O) groups is 1. The van der Waals surface area contributed by atoms with Gasteiger partial charge in [0.05, 0.1) is 12.2 Å². The fourth-order valence-electron chi connectivity index (χ4n) is 4.78. The van der Waals surface area contributed by atoms with Gasteiger partial charge >= 0.3 is 0 Å². The maximum atomic E-state index is 13.5. The number of rotatable bonds is 7. The molecule has 1 aromatic heterocycles. The molecular weight excluding hydrogens is 436 g/mol. The Kier molecular flexibility index (Phi) is 6.64. The Labute approximate surface area is 205 Å². The molecule has 0 radical (unpaired) electrons. The van der Waals surface area contributed by atoms with E-state index >= 15 is 0 Å². The first-order valence-electron chi connectivity index (χ1n) is 12.0. The molecule has 0 saturated carbocycles. The van der Waals surface area contributed by atoms with Gasteiger partial charge in [0, 0.05) is 37.9 Å². The van der Waals surface area contributed by atoms with Crippen molar-refractivity contribution in [3.8, 4) is 0 Å². The second kappa shape index (κ2) is 10.2. The molecule has 1 aliphatic heterocycles. The van der Waals surface area contributed by atoms with Crippen LogP contribution in [0.25, 0.3) is 0 Å². The van der Waals surface area contributed by atoms with Gasteiger partial charge in [-0.1, -0.05) is 78.9 Å². The molecule has 6 heteroatoms. The van der Waals surface area contributed by atoms with Gasteiger partial charge in [-0.15, -0.1) is 0 Å². The number of nitrogens with zero attached hydrogens (tertiary/aromatic N) is 4. The predicted molar refractivity (Wildman–Crippen MR) is 138 cm³/mol. The number of hydrogen-bond acceptors (Lipinski definition) is 3. The molecule has 0 N–H and O–H groups in total. The Morgan fingerprint density at radius 1 is 0.800 bits per heavy atom. The van der Waals surface area contributed by atoms with E-state index in [4.69, 9.17) is 0 Å². The third-order valence-electron chi connectivity index (χ3n) is 6.72. The molecular formula is C29H30N4O2. The lowest BCUT2D eigenvalue weighted by molar-refractivity contribution is -0.119. The Balaban J connectivity index is 1.48. The van der Waals surface area contributed by atoms with Crippen LogP contribution in [0.3, 0.4) is 0 Å². The van der Waals surface area contributed by atoms with Gasteiger partial charge in [0.1, 0.15) is 6.54 Å². The zero-order valence-corrected chi connectivity index (χ0v) is 20.0. The zero-order valence-electron chi connectivity index (χ0n) is 20.0. The predicted octanol–water partition coefficient (Wildman–Crippen LogP) is 3.92. The van der Waals surface area contributed by atoms with Crippen LogP contribution in [-0.4, -0.2) is 33.8 Å². The number of carbonyl (C=O) groups excluding carboxylic acids is 1. The third kappa shape index (κ3) is 4.98. The summed E-state index contributed by atoms with van der Waals surface area (Å²) in [6.45, 7) is 2.83. The summed E-state index contributed by atoms with van der Waals surface area (Å²) in [5.74, 6) is -0.0593. The fourth-order valence-corrected chi connectivity index (χ4v) is 4.78. The number of para-hydroxylation sites is 1. The molecule has 1 aliphatic rings. The average Bonchev–Trinajstić information content (AvgIpc) is 3.15. The van der Waals surface area contributed by atoms with Crippen LogP contribution < -0.4 is 10.5 Å². The molecule has 3 aromatic carbocycles. The third-order valence-corrected chi connectivity index (χ3v) is 6.72. The van der Waals surface area contributed by atoms with Crippen molar-refractivity contribution in [3.63, 3.8) is 0 Å². The van der Waals surface area contributed by atoms with Crippen molar-refractivity contribution in [2.45, 2.75) is 32.6 Å². The highest BCUT2D eigenvalue weighted by molar-refractivity contribution is 5.92. The van der Waals surface area contributed by atoms with Gasteiger partial charge in [0.2, 0.25) is 5.91 Å². The Morgan fingerprint density at radius 2 is 1.37 bits per heavy atom. The van der Waals surface area contributed by atoms with E-state index in [0.717, 1.165) is 35.6 Å². The molecule has 0 fully saturated rings. The van der Waals surface area contributed by atoms with Gasteiger partial charge < -0.3 is 4.90 Å². The minimum Gasteiger partial charge on any atom is -0.314 e. The summed E-state index contributed by atoms with van der Waals surface area (Å²) in [5.41, 5.74) is 4.91. The number of likely N-dealkylation sites (N-methyl/N-ethyl adjacent to an activating group) is 1. The van der Waals surface area contributed by atoms with Crippen LogP contribution in [0.1, 0.15) is 22.4 Å². The number of aromatic nitrogens is 2. The Hall–Kier alpha value is -3.90.